The van der Waals surface area contributed by atoms with Crippen LogP contribution in [0.15, 0.2) is 17.1 Å². The molecule has 1 aromatic heterocycles. The van der Waals surface area contributed by atoms with Crippen LogP contribution < -0.4 is 10.6 Å². The van der Waals surface area contributed by atoms with E-state index < -0.39 is 0 Å². The molecule has 0 spiro atoms. The number of anilines is 1. The van der Waals surface area contributed by atoms with Crippen molar-refractivity contribution in [3.63, 3.8) is 0 Å². The summed E-state index contributed by atoms with van der Waals surface area (Å²) in [6.45, 7) is 6.61. The molecule has 1 saturated heterocycles. The third-order valence-corrected chi connectivity index (χ3v) is 4.57. The Balaban J connectivity index is 2.11. The van der Waals surface area contributed by atoms with Gasteiger partial charge in [0.1, 0.15) is 17.5 Å². The normalized spacial score (nSPS) is 21.2. The Hall–Kier alpha value is -1.05. The Kier molecular flexibility index (Phi) is 6.72. The van der Waals surface area contributed by atoms with Gasteiger partial charge in [0, 0.05) is 32.1 Å². The van der Waals surface area contributed by atoms with Gasteiger partial charge in [-0.1, -0.05) is 13.8 Å². The van der Waals surface area contributed by atoms with Crippen molar-refractivity contribution < 1.29 is 9.47 Å². The molecule has 0 N–H and O–H groups in total. The van der Waals surface area contributed by atoms with Crippen molar-refractivity contribution in [3.05, 3.63) is 22.7 Å². The maximum atomic E-state index is 12.3. The van der Waals surface area contributed by atoms with E-state index in [1.807, 2.05) is 6.07 Å². The Morgan fingerprint density at radius 2 is 2.18 bits per heavy atom. The number of ether oxygens (including phenoxy) is 2. The predicted octanol–water partition coefficient (Wildman–Crippen LogP) is 2.10. The largest absolute Gasteiger partial charge is 0.381 e. The standard InChI is InChI=1S/C15H25N3O3S/c1-4-7-17(8-5-2)12-6-9-18(15(19)16-12)13-11-22-14(21-13)10-20-3/h6,9,13-14H,4-5,7-8,10-11H2,1-3H3/t13-,14+/m1/s1. The summed E-state index contributed by atoms with van der Waals surface area (Å²) >= 11 is 1.66. The molecule has 1 aliphatic heterocycles. The zero-order valence-corrected chi connectivity index (χ0v) is 14.3. The lowest BCUT2D eigenvalue weighted by Gasteiger charge is -2.23. The van der Waals surface area contributed by atoms with E-state index in [1.54, 1.807) is 29.6 Å². The predicted molar refractivity (Wildman–Crippen MR) is 89.5 cm³/mol. The van der Waals surface area contributed by atoms with Crippen molar-refractivity contribution in [2.45, 2.75) is 38.4 Å². The molecule has 2 rings (SSSR count). The van der Waals surface area contributed by atoms with Gasteiger partial charge in [-0.25, -0.2) is 4.79 Å². The molecule has 2 heterocycles. The summed E-state index contributed by atoms with van der Waals surface area (Å²) in [7, 11) is 1.65. The molecule has 0 unspecified atom stereocenters. The molecule has 2 atom stereocenters. The van der Waals surface area contributed by atoms with E-state index in [1.165, 1.54) is 0 Å². The van der Waals surface area contributed by atoms with Crippen LogP contribution in [0.4, 0.5) is 5.82 Å². The van der Waals surface area contributed by atoms with Gasteiger partial charge >= 0.3 is 5.69 Å². The maximum absolute atomic E-state index is 12.3. The molecule has 22 heavy (non-hydrogen) atoms. The van der Waals surface area contributed by atoms with Crippen molar-refractivity contribution in [3.8, 4) is 0 Å². The average molecular weight is 327 g/mol. The second-order valence-corrected chi connectivity index (χ2v) is 6.46. The van der Waals surface area contributed by atoms with Crippen LogP contribution in [-0.4, -0.2) is 47.5 Å². The van der Waals surface area contributed by atoms with Gasteiger partial charge in [0.25, 0.3) is 0 Å². The number of nitrogens with zero attached hydrogens (tertiary/aromatic N) is 3. The molecule has 0 amide bonds. The number of methoxy groups -OCH3 is 1. The molecule has 0 saturated carbocycles. The van der Waals surface area contributed by atoms with Crippen molar-refractivity contribution in [1.29, 1.82) is 0 Å². The van der Waals surface area contributed by atoms with Crippen LogP contribution in [0.5, 0.6) is 0 Å². The van der Waals surface area contributed by atoms with E-state index in [0.29, 0.717) is 6.61 Å². The van der Waals surface area contributed by atoms with Gasteiger partial charge in [-0.15, -0.1) is 11.8 Å². The van der Waals surface area contributed by atoms with Crippen LogP contribution in [0.25, 0.3) is 0 Å². The summed E-state index contributed by atoms with van der Waals surface area (Å²) in [4.78, 5) is 18.7. The van der Waals surface area contributed by atoms with Crippen LogP contribution >= 0.6 is 11.8 Å². The second kappa shape index (κ2) is 8.55. The van der Waals surface area contributed by atoms with Gasteiger partial charge in [0.15, 0.2) is 0 Å². The first kappa shape index (κ1) is 17.3. The number of hydrogen-bond acceptors (Lipinski definition) is 6. The summed E-state index contributed by atoms with van der Waals surface area (Å²) in [6, 6.07) is 1.91. The Morgan fingerprint density at radius 3 is 2.77 bits per heavy atom. The fourth-order valence-electron chi connectivity index (χ4n) is 2.49. The molecule has 1 aromatic rings. The van der Waals surface area contributed by atoms with E-state index >= 15 is 0 Å². The molecule has 124 valence electrons. The fourth-order valence-corrected chi connectivity index (χ4v) is 3.55. The van der Waals surface area contributed by atoms with Gasteiger partial charge < -0.3 is 14.4 Å². The smallest absolute Gasteiger partial charge is 0.351 e. The van der Waals surface area contributed by atoms with Crippen molar-refractivity contribution in [2.24, 2.45) is 0 Å². The Bertz CT molecular complexity index is 517. The van der Waals surface area contributed by atoms with Crippen LogP contribution in [0.2, 0.25) is 0 Å². The summed E-state index contributed by atoms with van der Waals surface area (Å²) < 4.78 is 12.5. The highest BCUT2D eigenvalue weighted by molar-refractivity contribution is 8.00. The Morgan fingerprint density at radius 1 is 1.45 bits per heavy atom. The van der Waals surface area contributed by atoms with Crippen molar-refractivity contribution in [1.82, 2.24) is 9.55 Å². The summed E-state index contributed by atoms with van der Waals surface area (Å²) in [6.07, 6.45) is 3.60. The quantitative estimate of drug-likeness (QED) is 0.729. The van der Waals surface area contributed by atoms with E-state index in [4.69, 9.17) is 9.47 Å². The van der Waals surface area contributed by atoms with Gasteiger partial charge in [0.05, 0.1) is 6.61 Å². The lowest BCUT2D eigenvalue weighted by molar-refractivity contribution is -0.0152. The second-order valence-electron chi connectivity index (χ2n) is 5.27. The van der Waals surface area contributed by atoms with E-state index in [9.17, 15) is 4.79 Å². The molecule has 0 radical (unpaired) electrons. The highest BCUT2D eigenvalue weighted by Gasteiger charge is 2.28. The van der Waals surface area contributed by atoms with Crippen LogP contribution in [0.1, 0.15) is 32.9 Å². The SMILES string of the molecule is CCCN(CCC)c1ccn([C@H]2CS[C@@H](COC)O2)c(=O)n1. The summed E-state index contributed by atoms with van der Waals surface area (Å²) in [5, 5.41) is 0. The molecule has 0 bridgehead atoms. The van der Waals surface area contributed by atoms with E-state index in [-0.39, 0.29) is 17.4 Å². The molecule has 6 nitrogen and oxygen atoms in total. The fraction of sp³-hybridized carbons (Fsp3) is 0.733. The molecule has 0 aromatic carbocycles. The molecule has 1 fully saturated rings. The third-order valence-electron chi connectivity index (χ3n) is 3.47. The van der Waals surface area contributed by atoms with Crippen LogP contribution in [-0.2, 0) is 9.47 Å². The first-order chi connectivity index (χ1) is 10.7. The van der Waals surface area contributed by atoms with Crippen molar-refractivity contribution in [2.75, 3.05) is 37.5 Å². The number of hydrogen-bond donors (Lipinski definition) is 0. The minimum atomic E-state index is -0.259. The zero-order chi connectivity index (χ0) is 15.9. The van der Waals surface area contributed by atoms with Gasteiger partial charge in [-0.05, 0) is 18.9 Å². The first-order valence-electron chi connectivity index (χ1n) is 7.79. The van der Waals surface area contributed by atoms with E-state index in [0.717, 1.165) is 37.5 Å². The molecule has 1 aliphatic rings. The number of rotatable bonds is 8. The number of aromatic nitrogens is 2. The maximum Gasteiger partial charge on any atom is 0.351 e. The summed E-state index contributed by atoms with van der Waals surface area (Å²) in [5.74, 6) is 1.49. The first-order valence-corrected chi connectivity index (χ1v) is 8.84. The molecule has 0 aliphatic carbocycles. The highest BCUT2D eigenvalue weighted by atomic mass is 32.2. The topological polar surface area (TPSA) is 56.6 Å². The lowest BCUT2D eigenvalue weighted by Crippen LogP contribution is -2.32. The molecular weight excluding hydrogens is 302 g/mol. The van der Waals surface area contributed by atoms with Crippen LogP contribution in [0, 0.1) is 0 Å². The molecule has 7 heteroatoms. The van der Waals surface area contributed by atoms with Crippen LogP contribution in [0.3, 0.4) is 0 Å². The van der Waals surface area contributed by atoms with E-state index in [2.05, 4.69) is 23.7 Å². The highest BCUT2D eigenvalue weighted by Crippen LogP contribution is 2.31. The third kappa shape index (κ3) is 4.24. The lowest BCUT2D eigenvalue weighted by atomic mass is 10.3. The average Bonchev–Trinajstić information content (AvgIpc) is 2.95. The monoisotopic (exact) mass is 327 g/mol. The minimum Gasteiger partial charge on any atom is -0.381 e. The van der Waals surface area contributed by atoms with Crippen molar-refractivity contribution >= 4 is 17.6 Å². The zero-order valence-electron chi connectivity index (χ0n) is 13.5. The van der Waals surface area contributed by atoms with Gasteiger partial charge in [-0.3, -0.25) is 4.57 Å². The minimum absolute atomic E-state index is 0.0155. The Labute approximate surface area is 135 Å². The van der Waals surface area contributed by atoms with Gasteiger partial charge in [-0.2, -0.15) is 4.98 Å². The summed E-state index contributed by atoms with van der Waals surface area (Å²) in [5.41, 5.74) is -0.267. The number of thioether (sulfide) groups is 1. The molecular formula is C15H25N3O3S. The van der Waals surface area contributed by atoms with Gasteiger partial charge in [0.2, 0.25) is 0 Å².